The van der Waals surface area contributed by atoms with Gasteiger partial charge in [0.15, 0.2) is 0 Å². The van der Waals surface area contributed by atoms with Crippen molar-refractivity contribution in [2.75, 3.05) is 14.1 Å². The van der Waals surface area contributed by atoms with Crippen LogP contribution in [0.1, 0.15) is 5.69 Å². The predicted octanol–water partition coefficient (Wildman–Crippen LogP) is 0.687. The van der Waals surface area contributed by atoms with Gasteiger partial charge in [-0.15, -0.1) is 0 Å². The fraction of sp³-hybridized carbons (Fsp3) is 0.222. The molecule has 0 aliphatic heterocycles. The maximum absolute atomic E-state index is 11.0. The van der Waals surface area contributed by atoms with Crippen LogP contribution >= 0.6 is 0 Å². The van der Waals surface area contributed by atoms with Gasteiger partial charge in [0.25, 0.3) is 0 Å². The van der Waals surface area contributed by atoms with Crippen molar-refractivity contribution in [2.45, 2.75) is 0 Å². The summed E-state index contributed by atoms with van der Waals surface area (Å²) in [6, 6.07) is 5.21. The number of aromatic nitrogens is 1. The number of nitrogens with one attached hydrogen (secondary N) is 1. The summed E-state index contributed by atoms with van der Waals surface area (Å²) in [6.07, 6.45) is 3.19. The Bertz CT molecular complexity index is 323. The molecule has 1 N–H and O–H groups in total. The van der Waals surface area contributed by atoms with E-state index < -0.39 is 0 Å². The van der Waals surface area contributed by atoms with Gasteiger partial charge in [-0.3, -0.25) is 4.98 Å². The number of hydrogen-bond donors (Lipinski definition) is 1. The summed E-state index contributed by atoms with van der Waals surface area (Å²) >= 11 is 0. The molecule has 5 heteroatoms. The third-order valence-electron chi connectivity index (χ3n) is 1.56. The molecule has 0 unspecified atom stereocenters. The van der Waals surface area contributed by atoms with E-state index in [1.807, 2.05) is 12.1 Å². The van der Waals surface area contributed by atoms with Crippen molar-refractivity contribution in [2.24, 2.45) is 5.10 Å². The third-order valence-corrected chi connectivity index (χ3v) is 1.56. The standard InChI is InChI=1S/C9H12N4O/c1-10-9(14)13(2)12-7-8-5-3-4-6-11-8/h3-7H,1-2H3,(H,10,14)/b12-7+. The van der Waals surface area contributed by atoms with Crippen LogP contribution in [0, 0.1) is 0 Å². The topological polar surface area (TPSA) is 57.6 Å². The minimum absolute atomic E-state index is 0.266. The van der Waals surface area contributed by atoms with E-state index in [4.69, 9.17) is 0 Å². The first-order valence-electron chi connectivity index (χ1n) is 4.14. The number of hydrazone groups is 1. The average molecular weight is 192 g/mol. The van der Waals surface area contributed by atoms with E-state index >= 15 is 0 Å². The highest BCUT2D eigenvalue weighted by atomic mass is 16.2. The SMILES string of the molecule is CNC(=O)N(C)/N=C/c1ccccn1. The number of urea groups is 1. The minimum Gasteiger partial charge on any atom is -0.340 e. The zero-order valence-electron chi connectivity index (χ0n) is 8.14. The number of hydrogen-bond acceptors (Lipinski definition) is 3. The van der Waals surface area contributed by atoms with Gasteiger partial charge in [0.05, 0.1) is 11.9 Å². The first-order valence-corrected chi connectivity index (χ1v) is 4.14. The minimum atomic E-state index is -0.266. The Labute approximate surface area is 82.4 Å². The van der Waals surface area contributed by atoms with Crippen LogP contribution in [0.3, 0.4) is 0 Å². The lowest BCUT2D eigenvalue weighted by molar-refractivity contribution is 0.213. The van der Waals surface area contributed by atoms with Crippen LogP contribution in [0.2, 0.25) is 0 Å². The van der Waals surface area contributed by atoms with Crippen LogP contribution in [0.25, 0.3) is 0 Å². The van der Waals surface area contributed by atoms with E-state index in [2.05, 4.69) is 15.4 Å². The molecule has 74 valence electrons. The molecule has 0 atom stereocenters. The summed E-state index contributed by atoms with van der Waals surface area (Å²) < 4.78 is 0. The molecule has 1 rings (SSSR count). The number of carbonyl (C=O) groups is 1. The van der Waals surface area contributed by atoms with E-state index in [0.717, 1.165) is 0 Å². The molecular formula is C9H12N4O. The monoisotopic (exact) mass is 192 g/mol. The lowest BCUT2D eigenvalue weighted by atomic mass is 10.4. The zero-order valence-corrected chi connectivity index (χ0v) is 8.14. The molecule has 0 aliphatic rings. The van der Waals surface area contributed by atoms with Crippen molar-refractivity contribution in [1.29, 1.82) is 0 Å². The van der Waals surface area contributed by atoms with E-state index in [-0.39, 0.29) is 6.03 Å². The Morgan fingerprint density at radius 3 is 3.00 bits per heavy atom. The maximum Gasteiger partial charge on any atom is 0.337 e. The number of nitrogens with zero attached hydrogens (tertiary/aromatic N) is 3. The second kappa shape index (κ2) is 4.96. The number of pyridine rings is 1. The smallest absolute Gasteiger partial charge is 0.337 e. The number of rotatable bonds is 2. The largest absolute Gasteiger partial charge is 0.340 e. The molecule has 0 spiro atoms. The first-order chi connectivity index (χ1) is 6.74. The molecule has 2 amide bonds. The molecule has 5 nitrogen and oxygen atoms in total. The Morgan fingerprint density at radius 2 is 2.43 bits per heavy atom. The molecule has 1 aromatic rings. The molecule has 0 saturated carbocycles. The molecule has 0 saturated heterocycles. The van der Waals surface area contributed by atoms with E-state index in [9.17, 15) is 4.79 Å². The normalized spacial score (nSPS) is 10.1. The van der Waals surface area contributed by atoms with Crippen LogP contribution in [-0.2, 0) is 0 Å². The maximum atomic E-state index is 11.0. The molecule has 0 aliphatic carbocycles. The average Bonchev–Trinajstić information content (AvgIpc) is 2.26. The number of amides is 2. The molecule has 0 radical (unpaired) electrons. The zero-order chi connectivity index (χ0) is 10.4. The molecule has 1 heterocycles. The Morgan fingerprint density at radius 1 is 1.64 bits per heavy atom. The van der Waals surface area contributed by atoms with Crippen LogP contribution in [0.4, 0.5) is 4.79 Å². The fourth-order valence-electron chi connectivity index (χ4n) is 0.812. The van der Waals surface area contributed by atoms with Gasteiger partial charge < -0.3 is 5.32 Å². The van der Waals surface area contributed by atoms with E-state index in [0.29, 0.717) is 5.69 Å². The van der Waals surface area contributed by atoms with Crippen molar-refractivity contribution >= 4 is 12.2 Å². The lowest BCUT2D eigenvalue weighted by Gasteiger charge is -2.08. The highest BCUT2D eigenvalue weighted by Crippen LogP contribution is 1.90. The molecular weight excluding hydrogens is 180 g/mol. The summed E-state index contributed by atoms with van der Waals surface area (Å²) in [6.45, 7) is 0. The highest BCUT2D eigenvalue weighted by Gasteiger charge is 2.01. The van der Waals surface area contributed by atoms with Crippen LogP contribution in [-0.4, -0.2) is 36.3 Å². The van der Waals surface area contributed by atoms with Gasteiger partial charge in [0.2, 0.25) is 0 Å². The molecule has 14 heavy (non-hydrogen) atoms. The Hall–Kier alpha value is -1.91. The molecule has 0 aromatic carbocycles. The van der Waals surface area contributed by atoms with Crippen molar-refractivity contribution in [1.82, 2.24) is 15.3 Å². The first kappa shape index (κ1) is 10.2. The molecule has 0 fully saturated rings. The van der Waals surface area contributed by atoms with Gasteiger partial charge in [-0.2, -0.15) is 5.10 Å². The summed E-state index contributed by atoms with van der Waals surface area (Å²) in [5, 5.41) is 7.56. The summed E-state index contributed by atoms with van der Waals surface area (Å²) in [5.41, 5.74) is 0.711. The van der Waals surface area contributed by atoms with Crippen molar-refractivity contribution in [3.05, 3.63) is 30.1 Å². The third kappa shape index (κ3) is 2.85. The van der Waals surface area contributed by atoms with Gasteiger partial charge in [-0.25, -0.2) is 9.80 Å². The predicted molar refractivity (Wildman–Crippen MR) is 54.0 cm³/mol. The quantitative estimate of drug-likeness (QED) is 0.553. The van der Waals surface area contributed by atoms with Crippen molar-refractivity contribution < 1.29 is 4.79 Å². The van der Waals surface area contributed by atoms with Gasteiger partial charge in [-0.1, -0.05) is 6.07 Å². The van der Waals surface area contributed by atoms with Gasteiger partial charge in [0, 0.05) is 20.3 Å². The Kier molecular flexibility index (Phi) is 3.60. The van der Waals surface area contributed by atoms with Gasteiger partial charge in [-0.05, 0) is 12.1 Å². The van der Waals surface area contributed by atoms with E-state index in [1.54, 1.807) is 26.4 Å². The highest BCUT2D eigenvalue weighted by molar-refractivity contribution is 5.79. The fourth-order valence-corrected chi connectivity index (χ4v) is 0.812. The van der Waals surface area contributed by atoms with Crippen LogP contribution in [0.15, 0.2) is 29.5 Å². The summed E-state index contributed by atoms with van der Waals surface area (Å²) in [4.78, 5) is 15.0. The van der Waals surface area contributed by atoms with E-state index in [1.165, 1.54) is 11.2 Å². The molecule has 1 aromatic heterocycles. The van der Waals surface area contributed by atoms with Gasteiger partial charge >= 0.3 is 6.03 Å². The Balaban J connectivity index is 2.60. The van der Waals surface area contributed by atoms with Crippen molar-refractivity contribution in [3.8, 4) is 0 Å². The van der Waals surface area contributed by atoms with Crippen LogP contribution in [0.5, 0.6) is 0 Å². The molecule has 0 bridgehead atoms. The van der Waals surface area contributed by atoms with Crippen molar-refractivity contribution in [3.63, 3.8) is 0 Å². The lowest BCUT2D eigenvalue weighted by Crippen LogP contribution is -2.31. The summed E-state index contributed by atoms with van der Waals surface area (Å²) in [7, 11) is 3.12. The summed E-state index contributed by atoms with van der Waals surface area (Å²) in [5.74, 6) is 0. The second-order valence-electron chi connectivity index (χ2n) is 2.58. The van der Waals surface area contributed by atoms with Crippen LogP contribution < -0.4 is 5.32 Å². The second-order valence-corrected chi connectivity index (χ2v) is 2.58. The number of carbonyl (C=O) groups excluding carboxylic acids is 1. The van der Waals surface area contributed by atoms with Gasteiger partial charge in [0.1, 0.15) is 0 Å².